The van der Waals surface area contributed by atoms with Gasteiger partial charge in [0.1, 0.15) is 0 Å². The lowest BCUT2D eigenvalue weighted by atomic mass is 9.94. The summed E-state index contributed by atoms with van der Waals surface area (Å²) >= 11 is 0. The third kappa shape index (κ3) is 3.33. The number of hydrogen-bond donors (Lipinski definition) is 1. The average molecular weight is 269 g/mol. The van der Waals surface area contributed by atoms with E-state index in [2.05, 4.69) is 26.1 Å². The SMILES string of the molecule is CCNC(C)C(C)c1ccccc1S(=O)(=O)CC. The summed E-state index contributed by atoms with van der Waals surface area (Å²) in [5, 5.41) is 3.35. The highest BCUT2D eigenvalue weighted by molar-refractivity contribution is 7.91. The van der Waals surface area contributed by atoms with E-state index in [0.29, 0.717) is 4.90 Å². The summed E-state index contributed by atoms with van der Waals surface area (Å²) in [6, 6.07) is 7.57. The van der Waals surface area contributed by atoms with Crippen LogP contribution in [0.1, 0.15) is 39.2 Å². The van der Waals surface area contributed by atoms with Gasteiger partial charge in [0.15, 0.2) is 9.84 Å². The summed E-state index contributed by atoms with van der Waals surface area (Å²) in [7, 11) is -3.15. The van der Waals surface area contributed by atoms with Gasteiger partial charge in [0.25, 0.3) is 0 Å². The molecule has 2 unspecified atom stereocenters. The van der Waals surface area contributed by atoms with Crippen LogP contribution in [0.15, 0.2) is 29.2 Å². The number of rotatable bonds is 6. The fourth-order valence-electron chi connectivity index (χ4n) is 2.06. The molecule has 0 spiro atoms. The Labute approximate surface area is 111 Å². The highest BCUT2D eigenvalue weighted by atomic mass is 32.2. The van der Waals surface area contributed by atoms with Crippen LogP contribution in [0.4, 0.5) is 0 Å². The van der Waals surface area contributed by atoms with Gasteiger partial charge in [-0.15, -0.1) is 0 Å². The molecule has 0 radical (unpaired) electrons. The van der Waals surface area contributed by atoms with Crippen molar-refractivity contribution in [2.75, 3.05) is 12.3 Å². The quantitative estimate of drug-likeness (QED) is 0.863. The molecule has 1 aromatic carbocycles. The predicted molar refractivity (Wildman–Crippen MR) is 75.7 cm³/mol. The number of hydrogen-bond acceptors (Lipinski definition) is 3. The third-order valence-electron chi connectivity index (χ3n) is 3.40. The van der Waals surface area contributed by atoms with E-state index in [1.54, 1.807) is 19.1 Å². The fourth-order valence-corrected chi connectivity index (χ4v) is 3.27. The van der Waals surface area contributed by atoms with E-state index in [4.69, 9.17) is 0 Å². The molecule has 4 heteroatoms. The van der Waals surface area contributed by atoms with Gasteiger partial charge >= 0.3 is 0 Å². The van der Waals surface area contributed by atoms with Crippen molar-refractivity contribution in [2.24, 2.45) is 0 Å². The van der Waals surface area contributed by atoms with Crippen molar-refractivity contribution in [1.82, 2.24) is 5.32 Å². The Hall–Kier alpha value is -0.870. The first-order valence-electron chi connectivity index (χ1n) is 6.49. The Morgan fingerprint density at radius 3 is 2.33 bits per heavy atom. The predicted octanol–water partition coefficient (Wildman–Crippen LogP) is 2.58. The van der Waals surface area contributed by atoms with E-state index in [0.717, 1.165) is 12.1 Å². The summed E-state index contributed by atoms with van der Waals surface area (Å²) in [4.78, 5) is 0.477. The minimum atomic E-state index is -3.15. The maximum atomic E-state index is 12.1. The molecule has 2 atom stereocenters. The van der Waals surface area contributed by atoms with Gasteiger partial charge in [-0.2, -0.15) is 0 Å². The molecule has 18 heavy (non-hydrogen) atoms. The lowest BCUT2D eigenvalue weighted by Gasteiger charge is -2.23. The van der Waals surface area contributed by atoms with Gasteiger partial charge in [0.2, 0.25) is 0 Å². The molecule has 0 saturated heterocycles. The second-order valence-corrected chi connectivity index (χ2v) is 6.82. The smallest absolute Gasteiger partial charge is 0.178 e. The van der Waals surface area contributed by atoms with Crippen LogP contribution in [0.25, 0.3) is 0 Å². The molecule has 102 valence electrons. The Morgan fingerprint density at radius 1 is 1.17 bits per heavy atom. The molecule has 1 aromatic rings. The molecule has 1 rings (SSSR count). The van der Waals surface area contributed by atoms with E-state index >= 15 is 0 Å². The van der Waals surface area contributed by atoms with E-state index in [9.17, 15) is 8.42 Å². The summed E-state index contributed by atoms with van der Waals surface area (Å²) in [5.41, 5.74) is 0.910. The second-order valence-electron chi connectivity index (χ2n) is 4.58. The molecule has 3 nitrogen and oxygen atoms in total. The molecule has 0 aliphatic carbocycles. The highest BCUT2D eigenvalue weighted by Gasteiger charge is 2.22. The van der Waals surface area contributed by atoms with Crippen molar-refractivity contribution in [3.63, 3.8) is 0 Å². The topological polar surface area (TPSA) is 46.2 Å². The van der Waals surface area contributed by atoms with Crippen LogP contribution in [-0.4, -0.2) is 26.8 Å². The molecule has 0 aromatic heterocycles. The second kappa shape index (κ2) is 6.34. The first-order valence-corrected chi connectivity index (χ1v) is 8.14. The Morgan fingerprint density at radius 2 is 1.78 bits per heavy atom. The summed E-state index contributed by atoms with van der Waals surface area (Å²) in [6.07, 6.45) is 0. The van der Waals surface area contributed by atoms with E-state index in [-0.39, 0.29) is 17.7 Å². The highest BCUT2D eigenvalue weighted by Crippen LogP contribution is 2.27. The largest absolute Gasteiger partial charge is 0.314 e. The third-order valence-corrected chi connectivity index (χ3v) is 5.20. The molecule has 0 saturated carbocycles. The summed E-state index contributed by atoms with van der Waals surface area (Å²) in [5.74, 6) is 0.314. The van der Waals surface area contributed by atoms with E-state index in [1.165, 1.54) is 0 Å². The lowest BCUT2D eigenvalue weighted by molar-refractivity contribution is 0.489. The van der Waals surface area contributed by atoms with Crippen LogP contribution >= 0.6 is 0 Å². The monoisotopic (exact) mass is 269 g/mol. The van der Waals surface area contributed by atoms with Gasteiger partial charge in [-0.05, 0) is 31.0 Å². The van der Waals surface area contributed by atoms with Gasteiger partial charge in [-0.25, -0.2) is 8.42 Å². The van der Waals surface area contributed by atoms with Crippen LogP contribution in [0, 0.1) is 0 Å². The van der Waals surface area contributed by atoms with Crippen molar-refractivity contribution in [3.8, 4) is 0 Å². The van der Waals surface area contributed by atoms with E-state index in [1.807, 2.05) is 12.1 Å². The lowest BCUT2D eigenvalue weighted by Crippen LogP contribution is -2.31. The fraction of sp³-hybridized carbons (Fsp3) is 0.571. The van der Waals surface area contributed by atoms with Gasteiger partial charge in [0, 0.05) is 6.04 Å². The molecule has 0 aliphatic heterocycles. The van der Waals surface area contributed by atoms with Crippen LogP contribution < -0.4 is 5.32 Å². The normalized spacial score (nSPS) is 15.3. The molecule has 1 N–H and O–H groups in total. The first kappa shape index (κ1) is 15.2. The van der Waals surface area contributed by atoms with Gasteiger partial charge in [-0.1, -0.05) is 39.0 Å². The average Bonchev–Trinajstić information content (AvgIpc) is 2.38. The number of sulfone groups is 1. The summed E-state index contributed by atoms with van der Waals surface area (Å²) in [6.45, 7) is 8.78. The molecular weight excluding hydrogens is 246 g/mol. The minimum absolute atomic E-state index is 0.145. The first-order chi connectivity index (χ1) is 8.44. The van der Waals surface area contributed by atoms with Gasteiger partial charge < -0.3 is 5.32 Å². The van der Waals surface area contributed by atoms with Crippen molar-refractivity contribution in [3.05, 3.63) is 29.8 Å². The van der Waals surface area contributed by atoms with Crippen LogP contribution in [0.5, 0.6) is 0 Å². The Balaban J connectivity index is 3.18. The number of likely N-dealkylation sites (N-methyl/N-ethyl adjacent to an activating group) is 1. The summed E-state index contributed by atoms with van der Waals surface area (Å²) < 4.78 is 24.2. The van der Waals surface area contributed by atoms with Crippen molar-refractivity contribution in [2.45, 2.75) is 44.6 Å². The van der Waals surface area contributed by atoms with Crippen molar-refractivity contribution in [1.29, 1.82) is 0 Å². The zero-order valence-electron chi connectivity index (χ0n) is 11.6. The zero-order chi connectivity index (χ0) is 13.8. The maximum Gasteiger partial charge on any atom is 0.178 e. The minimum Gasteiger partial charge on any atom is -0.314 e. The van der Waals surface area contributed by atoms with Crippen LogP contribution in [0.2, 0.25) is 0 Å². The molecule has 0 aliphatic rings. The molecule has 0 fully saturated rings. The van der Waals surface area contributed by atoms with Crippen LogP contribution in [0.3, 0.4) is 0 Å². The maximum absolute atomic E-state index is 12.1. The number of nitrogens with one attached hydrogen (secondary N) is 1. The molecule has 0 bridgehead atoms. The Bertz CT molecular complexity index is 482. The molecule has 0 heterocycles. The van der Waals surface area contributed by atoms with Crippen molar-refractivity contribution < 1.29 is 8.42 Å². The Kier molecular flexibility index (Phi) is 5.35. The number of benzene rings is 1. The zero-order valence-corrected chi connectivity index (χ0v) is 12.4. The molecule has 0 amide bonds. The van der Waals surface area contributed by atoms with E-state index < -0.39 is 9.84 Å². The molecular formula is C14H23NO2S. The van der Waals surface area contributed by atoms with Crippen molar-refractivity contribution >= 4 is 9.84 Å². The van der Waals surface area contributed by atoms with Crippen LogP contribution in [-0.2, 0) is 9.84 Å². The van der Waals surface area contributed by atoms with Gasteiger partial charge in [0.05, 0.1) is 10.6 Å². The standard InChI is InChI=1S/C14H23NO2S/c1-5-15-12(4)11(3)13-9-7-8-10-14(13)18(16,17)6-2/h7-12,15H,5-6H2,1-4H3. The van der Waals surface area contributed by atoms with Gasteiger partial charge in [-0.3, -0.25) is 0 Å².